The van der Waals surface area contributed by atoms with Gasteiger partial charge in [0.1, 0.15) is 17.4 Å². The van der Waals surface area contributed by atoms with Gasteiger partial charge in [0, 0.05) is 42.8 Å². The fourth-order valence-corrected chi connectivity index (χ4v) is 4.14. The number of nitrogens with two attached hydrogens (primary N) is 1. The van der Waals surface area contributed by atoms with Gasteiger partial charge < -0.3 is 15.8 Å². The van der Waals surface area contributed by atoms with Crippen LogP contribution in [0.5, 0.6) is 11.6 Å². The number of hydrogen-bond acceptors (Lipinski definition) is 7. The number of nitrogens with zero attached hydrogens (tertiary/aromatic N) is 5. The third kappa shape index (κ3) is 4.52. The van der Waals surface area contributed by atoms with Crippen LogP contribution in [-0.4, -0.2) is 24.7 Å². The second kappa shape index (κ2) is 9.34. The Kier molecular flexibility index (Phi) is 5.59. The van der Waals surface area contributed by atoms with Gasteiger partial charge in [-0.3, -0.25) is 4.68 Å². The van der Waals surface area contributed by atoms with E-state index in [0.717, 1.165) is 44.4 Å². The van der Waals surface area contributed by atoms with Gasteiger partial charge in [0.05, 0.1) is 17.4 Å². The molecule has 8 nitrogen and oxygen atoms in total. The number of nitrogen functional groups attached to an aromatic ring is 1. The van der Waals surface area contributed by atoms with Gasteiger partial charge in [0.25, 0.3) is 0 Å². The lowest BCUT2D eigenvalue weighted by Crippen LogP contribution is -2.02. The first kappa shape index (κ1) is 21.5. The van der Waals surface area contributed by atoms with Crippen molar-refractivity contribution in [3.05, 3.63) is 109 Å². The molecule has 4 aromatic heterocycles. The van der Waals surface area contributed by atoms with E-state index in [0.29, 0.717) is 24.8 Å². The quantitative estimate of drug-likeness (QED) is 0.319. The number of anilines is 2. The van der Waals surface area contributed by atoms with Crippen LogP contribution in [0.1, 0.15) is 11.1 Å². The lowest BCUT2D eigenvalue weighted by atomic mass is 10.1. The minimum Gasteiger partial charge on any atom is -0.439 e. The molecule has 3 N–H and O–H groups in total. The monoisotopic (exact) mass is 473 g/mol. The van der Waals surface area contributed by atoms with Crippen LogP contribution in [0.15, 0.2) is 97.6 Å². The van der Waals surface area contributed by atoms with E-state index in [1.165, 1.54) is 0 Å². The molecular formula is C28H23N7O. The van der Waals surface area contributed by atoms with E-state index in [1.54, 1.807) is 18.6 Å². The Bertz CT molecular complexity index is 1650. The molecular weight excluding hydrogens is 450 g/mol. The van der Waals surface area contributed by atoms with Crippen LogP contribution in [0.3, 0.4) is 0 Å². The number of fused-ring (bicyclic) bond motifs is 2. The highest BCUT2D eigenvalue weighted by atomic mass is 16.5. The molecule has 0 aliphatic heterocycles. The number of aromatic nitrogens is 5. The van der Waals surface area contributed by atoms with Crippen molar-refractivity contribution >= 4 is 33.3 Å². The molecule has 0 saturated heterocycles. The second-order valence-electron chi connectivity index (χ2n) is 8.44. The topological polar surface area (TPSA) is 104 Å². The minimum atomic E-state index is 0.543. The summed E-state index contributed by atoms with van der Waals surface area (Å²) in [6.45, 7) is 1.27. The van der Waals surface area contributed by atoms with Gasteiger partial charge in [-0.15, -0.1) is 0 Å². The highest BCUT2D eigenvalue weighted by molar-refractivity contribution is 5.91. The predicted molar refractivity (Wildman–Crippen MR) is 141 cm³/mol. The van der Waals surface area contributed by atoms with Gasteiger partial charge in [-0.05, 0) is 52.9 Å². The second-order valence-corrected chi connectivity index (χ2v) is 8.44. The lowest BCUT2D eigenvalue weighted by Gasteiger charge is -2.08. The molecule has 36 heavy (non-hydrogen) atoms. The Morgan fingerprint density at radius 2 is 1.67 bits per heavy atom. The van der Waals surface area contributed by atoms with Crippen molar-refractivity contribution in [2.24, 2.45) is 0 Å². The lowest BCUT2D eigenvalue weighted by molar-refractivity contribution is 0.462. The maximum atomic E-state index is 5.97. The maximum absolute atomic E-state index is 5.97. The Morgan fingerprint density at radius 1 is 0.806 bits per heavy atom. The minimum absolute atomic E-state index is 0.543. The number of ether oxygens (including phenoxy) is 1. The van der Waals surface area contributed by atoms with E-state index in [1.807, 2.05) is 71.5 Å². The molecule has 6 aromatic rings. The smallest absolute Gasteiger partial charge is 0.219 e. The first-order valence-electron chi connectivity index (χ1n) is 11.6. The standard InChI is InChI=1S/C28H23N7O/c29-27-23-9-6-20(15-21(23)10-13-31-27)16-33-28-24-18-35(34-25(24)11-14-32-28)17-19-4-7-22(8-5-19)36-26-3-1-2-12-30-26/h1-15,18H,16-17H2,(H2,29,31)(H,32,33). The average molecular weight is 474 g/mol. The molecule has 0 aliphatic rings. The van der Waals surface area contributed by atoms with Crippen LogP contribution in [0.2, 0.25) is 0 Å². The Labute approximate surface area is 207 Å². The summed E-state index contributed by atoms with van der Waals surface area (Å²) in [4.78, 5) is 12.9. The third-order valence-electron chi connectivity index (χ3n) is 5.93. The molecule has 0 radical (unpaired) electrons. The fourth-order valence-electron chi connectivity index (χ4n) is 4.14. The first-order chi connectivity index (χ1) is 17.7. The van der Waals surface area contributed by atoms with Crippen LogP contribution in [0.25, 0.3) is 21.7 Å². The van der Waals surface area contributed by atoms with E-state index < -0.39 is 0 Å². The molecule has 6 rings (SSSR count). The summed E-state index contributed by atoms with van der Waals surface area (Å²) < 4.78 is 7.71. The van der Waals surface area contributed by atoms with E-state index in [4.69, 9.17) is 15.6 Å². The van der Waals surface area contributed by atoms with Crippen LogP contribution < -0.4 is 15.8 Å². The number of nitrogens with one attached hydrogen (secondary N) is 1. The highest BCUT2D eigenvalue weighted by Gasteiger charge is 2.09. The summed E-state index contributed by atoms with van der Waals surface area (Å²) in [7, 11) is 0. The van der Waals surface area contributed by atoms with E-state index in [-0.39, 0.29) is 0 Å². The highest BCUT2D eigenvalue weighted by Crippen LogP contribution is 2.24. The van der Waals surface area contributed by atoms with Crippen molar-refractivity contribution in [2.75, 3.05) is 11.1 Å². The van der Waals surface area contributed by atoms with Gasteiger partial charge in [0.15, 0.2) is 0 Å². The number of hydrogen-bond donors (Lipinski definition) is 2. The Hall–Kier alpha value is -4.98. The van der Waals surface area contributed by atoms with E-state index in [2.05, 4.69) is 32.4 Å². The van der Waals surface area contributed by atoms with Crippen molar-refractivity contribution in [1.29, 1.82) is 0 Å². The van der Waals surface area contributed by atoms with Crippen LogP contribution in [0.4, 0.5) is 11.6 Å². The number of benzene rings is 2. The summed E-state index contributed by atoms with van der Waals surface area (Å²) in [5.41, 5.74) is 9.11. The molecule has 0 unspecified atom stereocenters. The Morgan fingerprint density at radius 3 is 2.53 bits per heavy atom. The van der Waals surface area contributed by atoms with Crippen LogP contribution in [0, 0.1) is 0 Å². The average Bonchev–Trinajstić information content (AvgIpc) is 3.32. The Balaban J connectivity index is 1.16. The summed E-state index contributed by atoms with van der Waals surface area (Å²) >= 11 is 0. The zero-order valence-electron chi connectivity index (χ0n) is 19.4. The SMILES string of the molecule is Nc1nccc2cc(CNc3nccc4nn(Cc5ccc(Oc6ccccn6)cc5)cc34)ccc12. The van der Waals surface area contributed by atoms with Gasteiger partial charge >= 0.3 is 0 Å². The fraction of sp³-hybridized carbons (Fsp3) is 0.0714. The summed E-state index contributed by atoms with van der Waals surface area (Å²) in [5.74, 6) is 2.65. The van der Waals surface area contributed by atoms with Crippen molar-refractivity contribution in [2.45, 2.75) is 13.1 Å². The van der Waals surface area contributed by atoms with Crippen molar-refractivity contribution < 1.29 is 4.74 Å². The molecule has 0 amide bonds. The largest absolute Gasteiger partial charge is 0.439 e. The zero-order valence-corrected chi connectivity index (χ0v) is 19.4. The number of pyridine rings is 3. The van der Waals surface area contributed by atoms with Crippen LogP contribution >= 0.6 is 0 Å². The molecule has 8 heteroatoms. The summed E-state index contributed by atoms with van der Waals surface area (Å²) in [6.07, 6.45) is 7.24. The molecule has 0 spiro atoms. The maximum Gasteiger partial charge on any atom is 0.219 e. The van der Waals surface area contributed by atoms with Gasteiger partial charge in [-0.2, -0.15) is 5.10 Å². The molecule has 0 bridgehead atoms. The molecule has 0 atom stereocenters. The molecule has 2 aromatic carbocycles. The van der Waals surface area contributed by atoms with E-state index in [9.17, 15) is 0 Å². The molecule has 0 fully saturated rings. The van der Waals surface area contributed by atoms with Gasteiger partial charge in [-0.1, -0.05) is 30.3 Å². The van der Waals surface area contributed by atoms with Crippen LogP contribution in [-0.2, 0) is 13.1 Å². The molecule has 0 saturated carbocycles. The zero-order chi connectivity index (χ0) is 24.3. The summed E-state index contributed by atoms with van der Waals surface area (Å²) in [5, 5.41) is 11.2. The molecule has 176 valence electrons. The number of rotatable bonds is 7. The van der Waals surface area contributed by atoms with E-state index >= 15 is 0 Å². The molecule has 4 heterocycles. The van der Waals surface area contributed by atoms with Gasteiger partial charge in [0.2, 0.25) is 5.88 Å². The first-order valence-corrected chi connectivity index (χ1v) is 11.6. The molecule has 0 aliphatic carbocycles. The van der Waals surface area contributed by atoms with Gasteiger partial charge in [-0.25, -0.2) is 15.0 Å². The van der Waals surface area contributed by atoms with Crippen molar-refractivity contribution in [3.63, 3.8) is 0 Å². The van der Waals surface area contributed by atoms with Crippen molar-refractivity contribution in [3.8, 4) is 11.6 Å². The van der Waals surface area contributed by atoms with Crippen molar-refractivity contribution in [1.82, 2.24) is 24.7 Å². The third-order valence-corrected chi connectivity index (χ3v) is 5.93. The summed E-state index contributed by atoms with van der Waals surface area (Å²) in [6, 6.07) is 23.6. The normalized spacial score (nSPS) is 11.1. The predicted octanol–water partition coefficient (Wildman–Crippen LogP) is 5.41.